The van der Waals surface area contributed by atoms with Gasteiger partial charge < -0.3 is 4.90 Å². The molecule has 0 amide bonds. The number of hydrogen-bond acceptors (Lipinski definition) is 3. The van der Waals surface area contributed by atoms with E-state index in [1.165, 1.54) is 0 Å². The predicted molar refractivity (Wildman–Crippen MR) is 82.1 cm³/mol. The number of hydrogen-bond donors (Lipinski definition) is 0. The molecule has 2 aromatic rings. The molecule has 0 aliphatic rings. The summed E-state index contributed by atoms with van der Waals surface area (Å²) in [6.45, 7) is 0.694. The molecule has 0 aliphatic carbocycles. The Labute approximate surface area is 126 Å². The van der Waals surface area contributed by atoms with E-state index < -0.39 is 0 Å². The molecular formula is C16H12BrN3. The highest BCUT2D eigenvalue weighted by molar-refractivity contribution is 9.10. The molecular weight excluding hydrogens is 314 g/mol. The molecule has 0 bridgehead atoms. The number of rotatable bonds is 3. The van der Waals surface area contributed by atoms with Crippen molar-refractivity contribution in [2.75, 3.05) is 11.9 Å². The average molecular weight is 326 g/mol. The van der Waals surface area contributed by atoms with Crippen LogP contribution >= 0.6 is 15.9 Å². The summed E-state index contributed by atoms with van der Waals surface area (Å²) in [4.78, 5) is 2.07. The fraction of sp³-hybridized carbons (Fsp3) is 0.125. The van der Waals surface area contributed by atoms with Crippen molar-refractivity contribution < 1.29 is 0 Å². The van der Waals surface area contributed by atoms with Gasteiger partial charge >= 0.3 is 0 Å². The fourth-order valence-electron chi connectivity index (χ4n) is 1.98. The summed E-state index contributed by atoms with van der Waals surface area (Å²) in [5.74, 6) is 0. The average Bonchev–Trinajstić information content (AvgIpc) is 2.47. The second kappa shape index (κ2) is 6.23. The van der Waals surface area contributed by atoms with Gasteiger partial charge in [-0.25, -0.2) is 0 Å². The zero-order chi connectivity index (χ0) is 14.5. The van der Waals surface area contributed by atoms with Crippen LogP contribution in [0.3, 0.4) is 0 Å². The number of nitrogens with zero attached hydrogens (tertiary/aromatic N) is 3. The smallest absolute Gasteiger partial charge is 0.0992 e. The first kappa shape index (κ1) is 14.1. The molecule has 0 saturated carbocycles. The van der Waals surface area contributed by atoms with Crippen molar-refractivity contribution in [2.24, 2.45) is 0 Å². The Balaban J connectivity index is 2.22. The van der Waals surface area contributed by atoms with Crippen molar-refractivity contribution in [3.05, 3.63) is 63.6 Å². The summed E-state index contributed by atoms with van der Waals surface area (Å²) in [5, 5.41) is 17.8. The van der Waals surface area contributed by atoms with Gasteiger partial charge in [-0.3, -0.25) is 0 Å². The Kier molecular flexibility index (Phi) is 4.40. The van der Waals surface area contributed by atoms with Crippen molar-refractivity contribution >= 4 is 21.6 Å². The minimum absolute atomic E-state index is 0.625. The van der Waals surface area contributed by atoms with E-state index in [1.54, 1.807) is 18.2 Å². The molecule has 3 nitrogen and oxygen atoms in total. The number of anilines is 1. The van der Waals surface area contributed by atoms with E-state index in [1.807, 2.05) is 31.3 Å². The van der Waals surface area contributed by atoms with Gasteiger partial charge in [0.2, 0.25) is 0 Å². The maximum atomic E-state index is 8.91. The normalized spacial score (nSPS) is 9.60. The monoisotopic (exact) mass is 325 g/mol. The molecule has 2 rings (SSSR count). The van der Waals surface area contributed by atoms with Crippen LogP contribution in [0.25, 0.3) is 0 Å². The highest BCUT2D eigenvalue weighted by Gasteiger charge is 2.07. The van der Waals surface area contributed by atoms with E-state index in [2.05, 4.69) is 33.0 Å². The Morgan fingerprint density at radius 1 is 1.05 bits per heavy atom. The molecule has 20 heavy (non-hydrogen) atoms. The fourth-order valence-corrected chi connectivity index (χ4v) is 2.67. The second-order valence-electron chi connectivity index (χ2n) is 4.45. The van der Waals surface area contributed by atoms with Gasteiger partial charge in [0.05, 0.1) is 29.0 Å². The second-order valence-corrected chi connectivity index (χ2v) is 5.30. The van der Waals surface area contributed by atoms with Gasteiger partial charge in [-0.1, -0.05) is 12.1 Å². The van der Waals surface area contributed by atoms with Crippen LogP contribution < -0.4 is 4.90 Å². The molecule has 0 unspecified atom stereocenters. The molecule has 0 heterocycles. The zero-order valence-corrected chi connectivity index (χ0v) is 12.6. The molecule has 0 radical (unpaired) electrons. The van der Waals surface area contributed by atoms with Crippen LogP contribution in [0.1, 0.15) is 16.7 Å². The van der Waals surface area contributed by atoms with Gasteiger partial charge in [0.1, 0.15) is 0 Å². The van der Waals surface area contributed by atoms with E-state index >= 15 is 0 Å². The van der Waals surface area contributed by atoms with Crippen LogP contribution in [0.5, 0.6) is 0 Å². The Morgan fingerprint density at radius 2 is 1.75 bits per heavy atom. The summed E-state index contributed by atoms with van der Waals surface area (Å²) in [6.07, 6.45) is 0. The third-order valence-electron chi connectivity index (χ3n) is 2.96. The zero-order valence-electron chi connectivity index (χ0n) is 11.0. The summed E-state index contributed by atoms with van der Waals surface area (Å²) in [6, 6.07) is 17.3. The first-order chi connectivity index (χ1) is 9.63. The lowest BCUT2D eigenvalue weighted by Crippen LogP contribution is -2.16. The van der Waals surface area contributed by atoms with Gasteiger partial charge in [-0.2, -0.15) is 10.5 Å². The standard InChI is InChI=1S/C16H12BrN3/c1-20(11-14-4-2-3-12(7-14)9-18)16-6-5-13(10-19)8-15(16)17/h2-8H,11H2,1H3. The van der Waals surface area contributed by atoms with Crippen LogP contribution in [0, 0.1) is 22.7 Å². The molecule has 0 atom stereocenters. The van der Waals surface area contributed by atoms with Crippen molar-refractivity contribution in [1.82, 2.24) is 0 Å². The van der Waals surface area contributed by atoms with Crippen molar-refractivity contribution in [1.29, 1.82) is 10.5 Å². The van der Waals surface area contributed by atoms with Crippen LogP contribution in [-0.2, 0) is 6.54 Å². The topological polar surface area (TPSA) is 50.8 Å². The third kappa shape index (κ3) is 3.17. The summed E-state index contributed by atoms with van der Waals surface area (Å²) >= 11 is 3.48. The SMILES string of the molecule is CN(Cc1cccc(C#N)c1)c1ccc(C#N)cc1Br. The minimum atomic E-state index is 0.625. The van der Waals surface area contributed by atoms with Gasteiger partial charge in [-0.15, -0.1) is 0 Å². The summed E-state index contributed by atoms with van der Waals surface area (Å²) in [7, 11) is 1.98. The Morgan fingerprint density at radius 3 is 2.40 bits per heavy atom. The Bertz CT molecular complexity index is 710. The van der Waals surface area contributed by atoms with Gasteiger partial charge in [0, 0.05) is 18.1 Å². The Hall–Kier alpha value is -2.30. The van der Waals surface area contributed by atoms with E-state index in [-0.39, 0.29) is 0 Å². The molecule has 0 aromatic heterocycles. The molecule has 0 N–H and O–H groups in total. The predicted octanol–water partition coefficient (Wildman–Crippen LogP) is 3.83. The lowest BCUT2D eigenvalue weighted by atomic mass is 10.1. The molecule has 98 valence electrons. The van der Waals surface area contributed by atoms with Crippen molar-refractivity contribution in [3.8, 4) is 12.1 Å². The lowest BCUT2D eigenvalue weighted by Gasteiger charge is -2.21. The van der Waals surface area contributed by atoms with Crippen molar-refractivity contribution in [2.45, 2.75) is 6.54 Å². The third-order valence-corrected chi connectivity index (χ3v) is 3.60. The lowest BCUT2D eigenvalue weighted by molar-refractivity contribution is 0.919. The maximum absolute atomic E-state index is 8.91. The highest BCUT2D eigenvalue weighted by Crippen LogP contribution is 2.27. The molecule has 0 saturated heterocycles. The number of nitriles is 2. The highest BCUT2D eigenvalue weighted by atomic mass is 79.9. The maximum Gasteiger partial charge on any atom is 0.0992 e. The van der Waals surface area contributed by atoms with E-state index in [9.17, 15) is 0 Å². The summed E-state index contributed by atoms with van der Waals surface area (Å²) < 4.78 is 0.885. The molecule has 0 fully saturated rings. The molecule has 2 aromatic carbocycles. The van der Waals surface area contributed by atoms with Gasteiger partial charge in [0.15, 0.2) is 0 Å². The quantitative estimate of drug-likeness (QED) is 0.861. The van der Waals surface area contributed by atoms with Crippen molar-refractivity contribution in [3.63, 3.8) is 0 Å². The van der Waals surface area contributed by atoms with E-state index in [4.69, 9.17) is 10.5 Å². The van der Waals surface area contributed by atoms with E-state index in [0.717, 1.165) is 15.7 Å². The number of halogens is 1. The van der Waals surface area contributed by atoms with E-state index in [0.29, 0.717) is 17.7 Å². The number of benzene rings is 2. The van der Waals surface area contributed by atoms with Crippen LogP contribution in [0.4, 0.5) is 5.69 Å². The molecule has 0 spiro atoms. The van der Waals surface area contributed by atoms with Gasteiger partial charge in [-0.05, 0) is 51.8 Å². The molecule has 0 aliphatic heterocycles. The first-order valence-electron chi connectivity index (χ1n) is 6.04. The largest absolute Gasteiger partial charge is 0.369 e. The molecule has 4 heteroatoms. The first-order valence-corrected chi connectivity index (χ1v) is 6.83. The van der Waals surface area contributed by atoms with Gasteiger partial charge in [0.25, 0.3) is 0 Å². The van der Waals surface area contributed by atoms with Crippen LogP contribution in [0.15, 0.2) is 46.9 Å². The van der Waals surface area contributed by atoms with Crippen LogP contribution in [-0.4, -0.2) is 7.05 Å². The summed E-state index contributed by atoms with van der Waals surface area (Å²) in [5.41, 5.74) is 3.37. The van der Waals surface area contributed by atoms with Crippen LogP contribution in [0.2, 0.25) is 0 Å². The minimum Gasteiger partial charge on any atom is -0.369 e.